The van der Waals surface area contributed by atoms with Crippen LogP contribution in [0.3, 0.4) is 0 Å². The fourth-order valence-corrected chi connectivity index (χ4v) is 6.96. The number of rotatable bonds is 13. The Hall–Kier alpha value is 0.154. The standard InChI is InChI=1S/C12H26F4Si2/c13-11(14)5-1-3-7-17-9-10-18-8-4-2-6-12(15)16/h11-12H,1-10,17-18H2. The second-order valence-electron chi connectivity index (χ2n) is 4.90. The molecule has 0 saturated carbocycles. The molecule has 0 radical (unpaired) electrons. The molecular weight excluding hydrogens is 276 g/mol. The SMILES string of the molecule is FC(F)CCCC[SiH2]CC[SiH2]CCCCC(F)F. The molecule has 0 aliphatic carbocycles. The summed E-state index contributed by atoms with van der Waals surface area (Å²) in [6.07, 6.45) is -0.829. The Morgan fingerprint density at radius 3 is 1.28 bits per heavy atom. The van der Waals surface area contributed by atoms with E-state index >= 15 is 0 Å². The van der Waals surface area contributed by atoms with Gasteiger partial charge >= 0.3 is 0 Å². The number of unbranched alkanes of at least 4 members (excludes halogenated alkanes) is 2. The van der Waals surface area contributed by atoms with Gasteiger partial charge in [0, 0.05) is 31.9 Å². The third-order valence-electron chi connectivity index (χ3n) is 3.09. The quantitative estimate of drug-likeness (QED) is 0.275. The van der Waals surface area contributed by atoms with Gasteiger partial charge in [0.1, 0.15) is 0 Å². The molecule has 18 heavy (non-hydrogen) atoms. The van der Waals surface area contributed by atoms with E-state index in [9.17, 15) is 17.6 Å². The Morgan fingerprint density at radius 1 is 0.556 bits per heavy atom. The average Bonchev–Trinajstić information content (AvgIpc) is 2.29. The van der Waals surface area contributed by atoms with E-state index in [1.807, 2.05) is 0 Å². The molecule has 0 spiro atoms. The van der Waals surface area contributed by atoms with E-state index < -0.39 is 12.9 Å². The smallest absolute Gasteiger partial charge is 0.211 e. The monoisotopic (exact) mass is 302 g/mol. The van der Waals surface area contributed by atoms with Gasteiger partial charge in [0.15, 0.2) is 0 Å². The van der Waals surface area contributed by atoms with Gasteiger partial charge in [0.05, 0.1) is 0 Å². The minimum Gasteiger partial charge on any atom is -0.211 e. The van der Waals surface area contributed by atoms with Crippen LogP contribution in [0.4, 0.5) is 17.6 Å². The zero-order valence-corrected chi connectivity index (χ0v) is 14.0. The average molecular weight is 303 g/mol. The Bertz CT molecular complexity index is 150. The molecule has 0 aliphatic heterocycles. The highest BCUT2D eigenvalue weighted by atomic mass is 28.2. The van der Waals surface area contributed by atoms with Crippen LogP contribution in [0.1, 0.15) is 38.5 Å². The molecule has 0 aromatic rings. The zero-order chi connectivity index (χ0) is 13.6. The third-order valence-corrected chi connectivity index (χ3v) is 8.09. The summed E-state index contributed by atoms with van der Waals surface area (Å²) in [6, 6.07) is 5.09. The Balaban J connectivity index is 2.95. The number of hydrogen-bond donors (Lipinski definition) is 0. The van der Waals surface area contributed by atoms with Crippen LogP contribution in [0.5, 0.6) is 0 Å². The molecule has 0 bridgehead atoms. The van der Waals surface area contributed by atoms with Gasteiger partial charge in [0.25, 0.3) is 0 Å². The van der Waals surface area contributed by atoms with Crippen molar-refractivity contribution in [1.82, 2.24) is 0 Å². The van der Waals surface area contributed by atoms with E-state index in [4.69, 9.17) is 0 Å². The highest BCUT2D eigenvalue weighted by Gasteiger charge is 2.02. The molecule has 110 valence electrons. The summed E-state index contributed by atoms with van der Waals surface area (Å²) in [5, 5.41) is 0. The first kappa shape index (κ1) is 18.2. The van der Waals surface area contributed by atoms with E-state index in [0.717, 1.165) is 12.8 Å². The zero-order valence-electron chi connectivity index (χ0n) is 11.2. The number of hydrogen-bond acceptors (Lipinski definition) is 0. The van der Waals surface area contributed by atoms with Gasteiger partial charge < -0.3 is 0 Å². The van der Waals surface area contributed by atoms with E-state index in [1.165, 1.54) is 24.2 Å². The minimum atomic E-state index is -2.13. The lowest BCUT2D eigenvalue weighted by Gasteiger charge is -2.02. The topological polar surface area (TPSA) is 0 Å². The lowest BCUT2D eigenvalue weighted by Crippen LogP contribution is -1.96. The molecule has 0 nitrogen and oxygen atoms in total. The molecule has 0 N–H and O–H groups in total. The molecule has 0 saturated heterocycles. The molecule has 0 aromatic carbocycles. The fraction of sp³-hybridized carbons (Fsp3) is 1.00. The minimum absolute atomic E-state index is 0.0161. The summed E-state index contributed by atoms with van der Waals surface area (Å²) in [6.45, 7) is 0. The van der Waals surface area contributed by atoms with E-state index in [2.05, 4.69) is 0 Å². The maximum absolute atomic E-state index is 11.8. The van der Waals surface area contributed by atoms with Crippen LogP contribution < -0.4 is 0 Å². The van der Waals surface area contributed by atoms with Crippen molar-refractivity contribution in [2.45, 2.75) is 75.6 Å². The molecule has 0 amide bonds. The first-order valence-electron chi connectivity index (χ1n) is 7.19. The van der Waals surface area contributed by atoms with E-state index in [0.29, 0.717) is 12.8 Å². The first-order valence-corrected chi connectivity index (χ1v) is 11.2. The molecule has 0 fully saturated rings. The van der Waals surface area contributed by atoms with Gasteiger partial charge in [-0.15, -0.1) is 0 Å². The summed E-state index contributed by atoms with van der Waals surface area (Å²) in [7, 11) is -0.0322. The molecular formula is C12H26F4Si2. The van der Waals surface area contributed by atoms with Crippen molar-refractivity contribution in [1.29, 1.82) is 0 Å². The first-order chi connectivity index (χ1) is 8.63. The van der Waals surface area contributed by atoms with Gasteiger partial charge in [0.2, 0.25) is 12.9 Å². The molecule has 0 atom stereocenters. The molecule has 0 heterocycles. The van der Waals surface area contributed by atoms with Crippen LogP contribution in [0.2, 0.25) is 24.2 Å². The van der Waals surface area contributed by atoms with Crippen molar-refractivity contribution < 1.29 is 17.6 Å². The fourth-order valence-electron chi connectivity index (χ4n) is 2.01. The highest BCUT2D eigenvalue weighted by Crippen LogP contribution is 2.10. The molecule has 0 unspecified atom stereocenters. The van der Waals surface area contributed by atoms with Crippen LogP contribution >= 0.6 is 0 Å². The van der Waals surface area contributed by atoms with E-state index in [1.54, 1.807) is 0 Å². The van der Waals surface area contributed by atoms with Crippen molar-refractivity contribution in [3.63, 3.8) is 0 Å². The van der Waals surface area contributed by atoms with Gasteiger partial charge in [-0.3, -0.25) is 0 Å². The lowest BCUT2D eigenvalue weighted by atomic mass is 10.3. The lowest BCUT2D eigenvalue weighted by molar-refractivity contribution is 0.134. The molecule has 0 aliphatic rings. The Labute approximate surface area is 113 Å². The number of alkyl halides is 4. The largest absolute Gasteiger partial charge is 0.238 e. The molecule has 0 aromatic heterocycles. The predicted molar refractivity (Wildman–Crippen MR) is 76.0 cm³/mol. The van der Waals surface area contributed by atoms with Gasteiger partial charge in [-0.25, -0.2) is 17.6 Å². The molecule has 0 rings (SSSR count). The second kappa shape index (κ2) is 13.6. The highest BCUT2D eigenvalue weighted by molar-refractivity contribution is 6.42. The maximum atomic E-state index is 11.8. The van der Waals surface area contributed by atoms with Gasteiger partial charge in [-0.1, -0.05) is 37.0 Å². The van der Waals surface area contributed by atoms with Crippen molar-refractivity contribution in [3.8, 4) is 0 Å². The van der Waals surface area contributed by atoms with Crippen LogP contribution in [-0.2, 0) is 0 Å². The summed E-state index contributed by atoms with van der Waals surface area (Å²) in [5.74, 6) is 0. The van der Waals surface area contributed by atoms with Crippen LogP contribution in [0.15, 0.2) is 0 Å². The third kappa shape index (κ3) is 16.2. The van der Waals surface area contributed by atoms with Gasteiger partial charge in [-0.05, 0) is 12.8 Å². The van der Waals surface area contributed by atoms with Crippen molar-refractivity contribution in [3.05, 3.63) is 0 Å². The van der Waals surface area contributed by atoms with Gasteiger partial charge in [-0.2, -0.15) is 0 Å². The Kier molecular flexibility index (Phi) is 13.7. The van der Waals surface area contributed by atoms with Crippen LogP contribution in [0, 0.1) is 0 Å². The summed E-state index contributed by atoms with van der Waals surface area (Å²) < 4.78 is 47.3. The van der Waals surface area contributed by atoms with Crippen molar-refractivity contribution >= 4 is 19.0 Å². The van der Waals surface area contributed by atoms with Crippen molar-refractivity contribution in [2.24, 2.45) is 0 Å². The summed E-state index contributed by atoms with van der Waals surface area (Å²) >= 11 is 0. The predicted octanol–water partition coefficient (Wildman–Crippen LogP) is 3.87. The van der Waals surface area contributed by atoms with E-state index in [-0.39, 0.29) is 31.9 Å². The normalized spacial score (nSPS) is 13.0. The van der Waals surface area contributed by atoms with Crippen molar-refractivity contribution in [2.75, 3.05) is 0 Å². The van der Waals surface area contributed by atoms with Crippen LogP contribution in [-0.4, -0.2) is 31.9 Å². The maximum Gasteiger partial charge on any atom is 0.238 e. The summed E-state index contributed by atoms with van der Waals surface area (Å²) in [5.41, 5.74) is 0. The summed E-state index contributed by atoms with van der Waals surface area (Å²) in [4.78, 5) is 0. The number of halogens is 4. The second-order valence-corrected chi connectivity index (χ2v) is 9.14. The van der Waals surface area contributed by atoms with Crippen LogP contribution in [0.25, 0.3) is 0 Å². The molecule has 6 heteroatoms. The Morgan fingerprint density at radius 2 is 0.944 bits per heavy atom.